The van der Waals surface area contributed by atoms with E-state index in [4.69, 9.17) is 4.74 Å². The average molecular weight is 381 g/mol. The number of aromatic nitrogens is 1. The van der Waals surface area contributed by atoms with Gasteiger partial charge in [-0.15, -0.1) is 0 Å². The van der Waals surface area contributed by atoms with Gasteiger partial charge in [0, 0.05) is 30.5 Å². The van der Waals surface area contributed by atoms with E-state index in [0.29, 0.717) is 37.7 Å². The van der Waals surface area contributed by atoms with E-state index in [9.17, 15) is 9.59 Å². The third kappa shape index (κ3) is 4.11. The smallest absolute Gasteiger partial charge is 0.230 e. The van der Waals surface area contributed by atoms with Crippen molar-refractivity contribution < 1.29 is 14.3 Å². The number of anilines is 1. The van der Waals surface area contributed by atoms with Crippen molar-refractivity contribution in [1.82, 2.24) is 9.88 Å². The molecule has 1 aromatic heterocycles. The number of nitrogens with zero attached hydrogens (tertiary/aromatic N) is 2. The van der Waals surface area contributed by atoms with Crippen molar-refractivity contribution in [2.24, 2.45) is 0 Å². The largest absolute Gasteiger partial charge is 0.494 e. The van der Waals surface area contributed by atoms with E-state index in [2.05, 4.69) is 10.3 Å². The van der Waals surface area contributed by atoms with Crippen molar-refractivity contribution >= 4 is 28.5 Å². The molecule has 0 saturated heterocycles. The zero-order valence-electron chi connectivity index (χ0n) is 16.4. The molecule has 0 radical (unpaired) electrons. The molecular formula is C22H27N3O3. The number of nitrogens with one attached hydrogen (secondary N) is 1. The van der Waals surface area contributed by atoms with Crippen LogP contribution < -0.4 is 10.1 Å². The first kappa shape index (κ1) is 18.7. The summed E-state index contributed by atoms with van der Waals surface area (Å²) in [5, 5.41) is 3.73. The molecule has 0 atom stereocenters. The Labute approximate surface area is 165 Å². The number of carbonyl (C=O) groups excluding carboxylic acids is 2. The highest BCUT2D eigenvalue weighted by molar-refractivity contribution is 6.00. The third-order valence-electron chi connectivity index (χ3n) is 5.79. The number of fused-ring (bicyclic) bond motifs is 2. The second kappa shape index (κ2) is 8.17. The number of hydrogen-bond donors (Lipinski definition) is 1. The molecule has 2 heterocycles. The Morgan fingerprint density at radius 2 is 2.07 bits per heavy atom. The third-order valence-corrected chi connectivity index (χ3v) is 5.79. The van der Waals surface area contributed by atoms with Crippen LogP contribution in [0.5, 0.6) is 5.75 Å². The predicted molar refractivity (Wildman–Crippen MR) is 108 cm³/mol. The predicted octanol–water partition coefficient (Wildman–Crippen LogP) is 3.68. The zero-order chi connectivity index (χ0) is 19.5. The number of pyridine rings is 1. The molecule has 2 aliphatic rings. The molecule has 1 fully saturated rings. The van der Waals surface area contributed by atoms with Gasteiger partial charge in [0.2, 0.25) is 11.8 Å². The molecule has 0 bridgehead atoms. The number of carbonyl (C=O) groups is 2. The molecular weight excluding hydrogens is 354 g/mol. The van der Waals surface area contributed by atoms with Crippen LogP contribution >= 0.6 is 0 Å². The quantitative estimate of drug-likeness (QED) is 0.775. The summed E-state index contributed by atoms with van der Waals surface area (Å²) >= 11 is 0. The average Bonchev–Trinajstić information content (AvgIpc) is 3.08. The molecule has 0 unspecified atom stereocenters. The van der Waals surface area contributed by atoms with E-state index in [-0.39, 0.29) is 11.8 Å². The first-order valence-corrected chi connectivity index (χ1v) is 10.2. The molecule has 6 heteroatoms. The van der Waals surface area contributed by atoms with Crippen molar-refractivity contribution in [2.45, 2.75) is 57.4 Å². The maximum absolute atomic E-state index is 12.4. The van der Waals surface area contributed by atoms with Crippen LogP contribution in [-0.4, -0.2) is 41.4 Å². The van der Waals surface area contributed by atoms with Gasteiger partial charge in [0.1, 0.15) is 11.6 Å². The lowest BCUT2D eigenvalue weighted by atomic mass is 9.94. The lowest BCUT2D eigenvalue weighted by Crippen LogP contribution is -2.38. The van der Waals surface area contributed by atoms with Crippen molar-refractivity contribution in [2.75, 3.05) is 19.0 Å². The minimum atomic E-state index is -0.0165. The van der Waals surface area contributed by atoms with Gasteiger partial charge in [-0.05, 0) is 43.5 Å². The van der Waals surface area contributed by atoms with Crippen LogP contribution in [0.1, 0.15) is 50.5 Å². The van der Waals surface area contributed by atoms with E-state index in [1.165, 1.54) is 19.3 Å². The molecule has 1 aliphatic carbocycles. The fourth-order valence-electron chi connectivity index (χ4n) is 4.14. The topological polar surface area (TPSA) is 71.5 Å². The normalized spacial score (nSPS) is 16.7. The van der Waals surface area contributed by atoms with E-state index in [1.807, 2.05) is 36.2 Å². The fraction of sp³-hybridized carbons (Fsp3) is 0.500. The SMILES string of the molecule is CN(C(=O)CCCOc1ccc2nc3c(cc2c1)CC(=O)N3)C1CCCCC1. The van der Waals surface area contributed by atoms with Crippen LogP contribution in [0.15, 0.2) is 24.3 Å². The summed E-state index contributed by atoms with van der Waals surface area (Å²) in [5.74, 6) is 1.62. The number of ether oxygens (including phenoxy) is 1. The number of rotatable bonds is 6. The molecule has 148 valence electrons. The fourth-order valence-corrected chi connectivity index (χ4v) is 4.14. The van der Waals surface area contributed by atoms with Gasteiger partial charge in [-0.25, -0.2) is 4.98 Å². The Kier molecular flexibility index (Phi) is 5.46. The minimum absolute atomic E-state index is 0.0165. The van der Waals surface area contributed by atoms with Crippen molar-refractivity contribution in [1.29, 1.82) is 0 Å². The highest BCUT2D eigenvalue weighted by Crippen LogP contribution is 2.28. The van der Waals surface area contributed by atoms with Gasteiger partial charge in [0.05, 0.1) is 18.5 Å². The van der Waals surface area contributed by atoms with Crippen LogP contribution in [-0.2, 0) is 16.0 Å². The number of amides is 2. The van der Waals surface area contributed by atoms with Gasteiger partial charge in [-0.3, -0.25) is 9.59 Å². The maximum atomic E-state index is 12.4. The lowest BCUT2D eigenvalue weighted by molar-refractivity contribution is -0.132. The molecule has 1 aromatic carbocycles. The molecule has 1 N–H and O–H groups in total. The molecule has 4 rings (SSSR count). The Morgan fingerprint density at radius 1 is 1.25 bits per heavy atom. The summed E-state index contributed by atoms with van der Waals surface area (Å²) in [6.45, 7) is 0.508. The number of hydrogen-bond acceptors (Lipinski definition) is 4. The van der Waals surface area contributed by atoms with Crippen LogP contribution in [0.2, 0.25) is 0 Å². The zero-order valence-corrected chi connectivity index (χ0v) is 16.4. The second-order valence-corrected chi connectivity index (χ2v) is 7.82. The Hall–Kier alpha value is -2.63. The standard InChI is InChI=1S/C22H27N3O3/c1-25(17-6-3-2-4-7-17)21(27)8-5-11-28-18-9-10-19-15(13-18)12-16-14-20(26)24-22(16)23-19/h9-10,12-13,17H,2-8,11,14H2,1H3,(H,23,24,26). The molecule has 28 heavy (non-hydrogen) atoms. The van der Waals surface area contributed by atoms with Gasteiger partial charge >= 0.3 is 0 Å². The van der Waals surface area contributed by atoms with Gasteiger partial charge in [0.15, 0.2) is 0 Å². The van der Waals surface area contributed by atoms with E-state index in [0.717, 1.165) is 35.1 Å². The van der Waals surface area contributed by atoms with Crippen molar-refractivity contribution in [3.05, 3.63) is 29.8 Å². The highest BCUT2D eigenvalue weighted by atomic mass is 16.5. The molecule has 1 aliphatic heterocycles. The Bertz CT molecular complexity index is 890. The van der Waals surface area contributed by atoms with Crippen molar-refractivity contribution in [3.8, 4) is 5.75 Å². The molecule has 6 nitrogen and oxygen atoms in total. The first-order chi connectivity index (χ1) is 13.6. The maximum Gasteiger partial charge on any atom is 0.230 e. The second-order valence-electron chi connectivity index (χ2n) is 7.82. The van der Waals surface area contributed by atoms with Crippen LogP contribution in [0.25, 0.3) is 10.9 Å². The molecule has 0 spiro atoms. The molecule has 2 amide bonds. The van der Waals surface area contributed by atoms with E-state index in [1.54, 1.807) is 0 Å². The summed E-state index contributed by atoms with van der Waals surface area (Å²) < 4.78 is 5.85. The van der Waals surface area contributed by atoms with Crippen LogP contribution in [0, 0.1) is 0 Å². The van der Waals surface area contributed by atoms with E-state index < -0.39 is 0 Å². The summed E-state index contributed by atoms with van der Waals surface area (Å²) in [7, 11) is 1.94. The monoisotopic (exact) mass is 381 g/mol. The Morgan fingerprint density at radius 3 is 2.89 bits per heavy atom. The van der Waals surface area contributed by atoms with Gasteiger partial charge in [-0.1, -0.05) is 19.3 Å². The molecule has 1 saturated carbocycles. The van der Waals surface area contributed by atoms with Crippen LogP contribution in [0.4, 0.5) is 5.82 Å². The lowest BCUT2D eigenvalue weighted by Gasteiger charge is -2.31. The molecule has 2 aromatic rings. The summed E-state index contributed by atoms with van der Waals surface area (Å²) in [6, 6.07) is 8.14. The van der Waals surface area contributed by atoms with Gasteiger partial charge < -0.3 is 15.0 Å². The summed E-state index contributed by atoms with van der Waals surface area (Å²) in [6.07, 6.45) is 7.62. The minimum Gasteiger partial charge on any atom is -0.494 e. The number of benzene rings is 1. The Balaban J connectivity index is 1.29. The highest BCUT2D eigenvalue weighted by Gasteiger charge is 2.22. The summed E-state index contributed by atoms with van der Waals surface area (Å²) in [4.78, 5) is 30.3. The summed E-state index contributed by atoms with van der Waals surface area (Å²) in [5.41, 5.74) is 1.75. The van der Waals surface area contributed by atoms with E-state index >= 15 is 0 Å². The van der Waals surface area contributed by atoms with Gasteiger partial charge in [-0.2, -0.15) is 0 Å². The van der Waals surface area contributed by atoms with Crippen molar-refractivity contribution in [3.63, 3.8) is 0 Å². The van der Waals surface area contributed by atoms with Crippen LogP contribution in [0.3, 0.4) is 0 Å². The first-order valence-electron chi connectivity index (χ1n) is 10.2. The van der Waals surface area contributed by atoms with Gasteiger partial charge in [0.25, 0.3) is 0 Å².